The number of benzene rings is 3. The van der Waals surface area contributed by atoms with E-state index in [4.69, 9.17) is 16.3 Å². The molecule has 3 aromatic rings. The first-order chi connectivity index (χ1) is 19.7. The van der Waals surface area contributed by atoms with E-state index in [-0.39, 0.29) is 29.1 Å². The summed E-state index contributed by atoms with van der Waals surface area (Å²) >= 11 is 6.09. The summed E-state index contributed by atoms with van der Waals surface area (Å²) in [7, 11) is -2.68. The van der Waals surface area contributed by atoms with Gasteiger partial charge in [0.15, 0.2) is 0 Å². The van der Waals surface area contributed by atoms with Crippen molar-refractivity contribution in [1.29, 1.82) is 0 Å². The molecule has 0 saturated heterocycles. The molecule has 8 nitrogen and oxygen atoms in total. The zero-order valence-electron chi connectivity index (χ0n) is 23.3. The maximum absolute atomic E-state index is 14.1. The van der Waals surface area contributed by atoms with Crippen LogP contribution in [0.3, 0.4) is 0 Å². The molecule has 0 unspecified atom stereocenters. The number of carbonyl (C=O) groups excluding carboxylic acids is 2. The number of sulfonamides is 1. The average Bonchev–Trinajstić information content (AvgIpc) is 3.49. The van der Waals surface area contributed by atoms with Crippen LogP contribution in [0.5, 0.6) is 5.75 Å². The summed E-state index contributed by atoms with van der Waals surface area (Å²) in [5, 5.41) is 3.55. The third-order valence-electron chi connectivity index (χ3n) is 7.32. The molecule has 0 bridgehead atoms. The molecule has 1 aliphatic carbocycles. The molecular formula is C31H36ClN3O5S. The summed E-state index contributed by atoms with van der Waals surface area (Å²) in [6, 6.07) is 20.9. The van der Waals surface area contributed by atoms with Crippen molar-refractivity contribution < 1.29 is 22.7 Å². The Hall–Kier alpha value is -3.56. The lowest BCUT2D eigenvalue weighted by Gasteiger charge is -2.33. The molecule has 10 heteroatoms. The zero-order chi connectivity index (χ0) is 29.4. The van der Waals surface area contributed by atoms with Gasteiger partial charge < -0.3 is 15.0 Å². The Morgan fingerprint density at radius 3 is 2.20 bits per heavy atom. The highest BCUT2D eigenvalue weighted by molar-refractivity contribution is 7.92. The van der Waals surface area contributed by atoms with Crippen LogP contribution in [-0.2, 0) is 26.2 Å². The molecule has 41 heavy (non-hydrogen) atoms. The number of hydrogen-bond acceptors (Lipinski definition) is 5. The first-order valence-corrected chi connectivity index (χ1v) is 15.6. The van der Waals surface area contributed by atoms with Crippen molar-refractivity contribution >= 4 is 39.1 Å². The summed E-state index contributed by atoms with van der Waals surface area (Å²) in [4.78, 5) is 29.1. The number of hydrogen-bond donors (Lipinski definition) is 1. The average molecular weight is 598 g/mol. The van der Waals surface area contributed by atoms with Crippen molar-refractivity contribution in [1.82, 2.24) is 10.2 Å². The molecule has 0 heterocycles. The van der Waals surface area contributed by atoms with Crippen LogP contribution in [0.15, 0.2) is 83.8 Å². The van der Waals surface area contributed by atoms with Crippen LogP contribution in [-0.4, -0.2) is 50.9 Å². The van der Waals surface area contributed by atoms with Gasteiger partial charge in [-0.3, -0.25) is 13.9 Å². The van der Waals surface area contributed by atoms with E-state index in [1.165, 1.54) is 24.1 Å². The van der Waals surface area contributed by atoms with Gasteiger partial charge in [-0.25, -0.2) is 8.42 Å². The van der Waals surface area contributed by atoms with Gasteiger partial charge in [0.1, 0.15) is 18.3 Å². The molecule has 2 amide bonds. The van der Waals surface area contributed by atoms with Gasteiger partial charge in [-0.05, 0) is 73.4 Å². The number of ether oxygens (including phenoxy) is 1. The number of nitrogens with one attached hydrogen (secondary N) is 1. The summed E-state index contributed by atoms with van der Waals surface area (Å²) in [5.41, 5.74) is 1.12. The number of anilines is 1. The number of nitrogens with zero attached hydrogens (tertiary/aromatic N) is 2. The first-order valence-electron chi connectivity index (χ1n) is 13.8. The first kappa shape index (κ1) is 30.4. The monoisotopic (exact) mass is 597 g/mol. The Labute approximate surface area is 247 Å². The van der Waals surface area contributed by atoms with Gasteiger partial charge in [-0.15, -0.1) is 0 Å². The highest BCUT2D eigenvalue weighted by Crippen LogP contribution is 2.27. The molecule has 3 aromatic carbocycles. The molecule has 4 rings (SSSR count). The Morgan fingerprint density at radius 2 is 1.61 bits per heavy atom. The van der Waals surface area contributed by atoms with E-state index in [0.717, 1.165) is 35.6 Å². The van der Waals surface area contributed by atoms with Crippen LogP contribution >= 0.6 is 11.6 Å². The lowest BCUT2D eigenvalue weighted by atomic mass is 10.1. The van der Waals surface area contributed by atoms with Gasteiger partial charge in [0.05, 0.1) is 17.7 Å². The number of carbonyl (C=O) groups is 2. The minimum absolute atomic E-state index is 0.00155. The standard InChI is InChI=1S/C31H36ClN3O5S/c1-3-29(31(37)33-25-11-7-8-12-25)34(21-23-9-5-4-6-10-23)30(36)22-35(26-15-13-24(32)14-16-26)41(38,39)28-19-17-27(40-2)18-20-28/h4-6,9-10,13-20,25,29H,3,7-8,11-12,21-22H2,1-2H3,(H,33,37)/t29-/m0/s1. The van der Waals surface area contributed by atoms with E-state index in [2.05, 4.69) is 5.32 Å². The third-order valence-corrected chi connectivity index (χ3v) is 9.36. The lowest BCUT2D eigenvalue weighted by molar-refractivity contribution is -0.140. The topological polar surface area (TPSA) is 96.0 Å². The SMILES string of the molecule is CC[C@@H](C(=O)NC1CCCC1)N(Cc1ccccc1)C(=O)CN(c1ccc(Cl)cc1)S(=O)(=O)c1ccc(OC)cc1. The van der Waals surface area contributed by atoms with Gasteiger partial charge in [-0.2, -0.15) is 0 Å². The maximum atomic E-state index is 14.1. The highest BCUT2D eigenvalue weighted by Gasteiger charge is 2.34. The predicted molar refractivity (Wildman–Crippen MR) is 160 cm³/mol. The molecule has 0 radical (unpaired) electrons. The number of amides is 2. The Kier molecular flexibility index (Phi) is 10.3. The van der Waals surface area contributed by atoms with E-state index in [9.17, 15) is 18.0 Å². The van der Waals surface area contributed by atoms with E-state index in [0.29, 0.717) is 17.2 Å². The smallest absolute Gasteiger partial charge is 0.264 e. The van der Waals surface area contributed by atoms with Gasteiger partial charge >= 0.3 is 0 Å². The van der Waals surface area contributed by atoms with E-state index >= 15 is 0 Å². The van der Waals surface area contributed by atoms with Crippen LogP contribution in [0.1, 0.15) is 44.6 Å². The maximum Gasteiger partial charge on any atom is 0.264 e. The van der Waals surface area contributed by atoms with Crippen molar-refractivity contribution in [3.8, 4) is 5.75 Å². The van der Waals surface area contributed by atoms with Crippen molar-refractivity contribution in [2.75, 3.05) is 18.0 Å². The van der Waals surface area contributed by atoms with Crippen molar-refractivity contribution in [2.45, 2.75) is 62.6 Å². The van der Waals surface area contributed by atoms with Crippen molar-refractivity contribution in [3.63, 3.8) is 0 Å². The fourth-order valence-electron chi connectivity index (χ4n) is 5.08. The van der Waals surface area contributed by atoms with Crippen LogP contribution in [0.4, 0.5) is 5.69 Å². The molecule has 1 N–H and O–H groups in total. The van der Waals surface area contributed by atoms with Crippen LogP contribution < -0.4 is 14.4 Å². The summed E-state index contributed by atoms with van der Waals surface area (Å²) < 4.78 is 34.1. The fourth-order valence-corrected chi connectivity index (χ4v) is 6.62. The summed E-state index contributed by atoms with van der Waals surface area (Å²) in [6.07, 6.45) is 4.34. The molecule has 1 aliphatic rings. The Bertz CT molecular complexity index is 1410. The van der Waals surface area contributed by atoms with Crippen LogP contribution in [0, 0.1) is 0 Å². The van der Waals surface area contributed by atoms with E-state index < -0.39 is 28.5 Å². The predicted octanol–water partition coefficient (Wildman–Crippen LogP) is 5.41. The largest absolute Gasteiger partial charge is 0.497 e. The summed E-state index contributed by atoms with van der Waals surface area (Å²) in [5.74, 6) is -0.208. The zero-order valence-corrected chi connectivity index (χ0v) is 24.9. The van der Waals surface area contributed by atoms with Gasteiger partial charge in [0.2, 0.25) is 11.8 Å². The molecular weight excluding hydrogens is 562 g/mol. The minimum Gasteiger partial charge on any atom is -0.497 e. The fraction of sp³-hybridized carbons (Fsp3) is 0.355. The summed E-state index contributed by atoms with van der Waals surface area (Å²) in [6.45, 7) is 1.51. The molecule has 0 aliphatic heterocycles. The normalized spacial score (nSPS) is 14.3. The number of rotatable bonds is 12. The van der Waals surface area contributed by atoms with E-state index in [1.54, 1.807) is 36.4 Å². The second-order valence-corrected chi connectivity index (χ2v) is 12.4. The third kappa shape index (κ3) is 7.59. The van der Waals surface area contributed by atoms with Gasteiger partial charge in [0.25, 0.3) is 10.0 Å². The number of methoxy groups -OCH3 is 1. The Morgan fingerprint density at radius 1 is 0.976 bits per heavy atom. The van der Waals surface area contributed by atoms with Crippen molar-refractivity contribution in [2.24, 2.45) is 0 Å². The molecule has 1 saturated carbocycles. The lowest BCUT2D eigenvalue weighted by Crippen LogP contribution is -2.53. The molecule has 1 fully saturated rings. The van der Waals surface area contributed by atoms with Crippen LogP contribution in [0.25, 0.3) is 0 Å². The molecule has 218 valence electrons. The van der Waals surface area contributed by atoms with Crippen molar-refractivity contribution in [3.05, 3.63) is 89.4 Å². The van der Waals surface area contributed by atoms with Gasteiger partial charge in [0, 0.05) is 17.6 Å². The van der Waals surface area contributed by atoms with Gasteiger partial charge in [-0.1, -0.05) is 61.7 Å². The quantitative estimate of drug-likeness (QED) is 0.301. The molecule has 0 aromatic heterocycles. The molecule has 1 atom stereocenters. The second-order valence-electron chi connectivity index (χ2n) is 10.1. The minimum atomic E-state index is -4.18. The van der Waals surface area contributed by atoms with E-state index in [1.807, 2.05) is 37.3 Å². The van der Waals surface area contributed by atoms with Crippen LogP contribution in [0.2, 0.25) is 5.02 Å². The highest BCUT2D eigenvalue weighted by atomic mass is 35.5. The molecule has 0 spiro atoms. The second kappa shape index (κ2) is 13.9. The Balaban J connectivity index is 1.69. The number of halogens is 1.